The number of carbonyl (C=O) groups is 12. The van der Waals surface area contributed by atoms with Crippen molar-refractivity contribution in [2.75, 3.05) is 7.05 Å². The summed E-state index contributed by atoms with van der Waals surface area (Å²) in [6, 6.07) is 28.2. The van der Waals surface area contributed by atoms with E-state index in [1.54, 1.807) is 48.6 Å². The van der Waals surface area contributed by atoms with Gasteiger partial charge in [0.2, 0.25) is 29.5 Å². The molecule has 3 aromatic carbocycles. The van der Waals surface area contributed by atoms with Gasteiger partial charge in [-0.3, -0.25) is 57.5 Å². The van der Waals surface area contributed by atoms with Gasteiger partial charge in [-0.15, -0.1) is 0 Å². The average molecular weight is 1630 g/mol. The van der Waals surface area contributed by atoms with Gasteiger partial charge >= 0.3 is 5.97 Å². The van der Waals surface area contributed by atoms with Crippen LogP contribution in [0.4, 0.5) is 0 Å². The normalized spacial score (nSPS) is 27.3. The second-order valence-corrected chi connectivity index (χ2v) is 31.6. The Morgan fingerprint density at radius 3 is 1.11 bits per heavy atom. The highest BCUT2D eigenvalue weighted by Gasteiger charge is 2.45. The van der Waals surface area contributed by atoms with Crippen molar-refractivity contribution in [2.24, 2.45) is 53.3 Å². The van der Waals surface area contributed by atoms with Crippen molar-refractivity contribution >= 4 is 70.6 Å². The Balaban J connectivity index is 0.000000244. The van der Waals surface area contributed by atoms with Crippen molar-refractivity contribution in [1.82, 2.24) is 57.1 Å². The molecule has 30 heteroatoms. The fourth-order valence-electron chi connectivity index (χ4n) is 14.7. The third kappa shape index (κ3) is 25.1. The SMILES string of the molecule is CCC(C)C1C(=O)C[C@H](C)[C@H](NC(=O)c2ncccc2O)C(=O)N[C@@H](Cc2ccccc2)[C@@H](O)[C@@H](C)C(=O)N1C.CCC(C)C1NC(=O)[C@H](C)[C@H](O)[C@H](Cc2ccccc2)NC(=O)[C@@H](NC(=O)c2ncccc2O)[C@@H](C)CC1=O.CCC(C)C1OC(=O)[C@H](C)[C@H](O)[C@H](Cc2ccccc2)NC(=O)[C@@H](NC(=O)c2ncccc2O)[C@@H](C)CC1=O. The monoisotopic (exact) mass is 1630 g/mol. The highest BCUT2D eigenvalue weighted by molar-refractivity contribution is 6.01. The summed E-state index contributed by atoms with van der Waals surface area (Å²) in [7, 11) is 1.57. The zero-order chi connectivity index (χ0) is 86.9. The summed E-state index contributed by atoms with van der Waals surface area (Å²) in [5.74, 6) is -13.4. The van der Waals surface area contributed by atoms with Crippen LogP contribution in [0, 0.1) is 53.3 Å². The van der Waals surface area contributed by atoms with Crippen LogP contribution < -0.4 is 37.2 Å². The van der Waals surface area contributed by atoms with Crippen molar-refractivity contribution < 1.29 is 92.9 Å². The third-order valence-corrected chi connectivity index (χ3v) is 22.7. The molecule has 118 heavy (non-hydrogen) atoms. The number of amides is 8. The number of carbonyl (C=O) groups excluding carboxylic acids is 12. The number of aliphatic hydroxyl groups is 3. The van der Waals surface area contributed by atoms with Gasteiger partial charge in [-0.2, -0.15) is 0 Å². The Labute approximate surface area is 688 Å². The molecule has 6 heterocycles. The molecular weight excluding hydrogens is 1520 g/mol. The molecule has 3 aliphatic rings. The Morgan fingerprint density at radius 1 is 0.432 bits per heavy atom. The first-order chi connectivity index (χ1) is 56.0. The van der Waals surface area contributed by atoms with Gasteiger partial charge in [0.1, 0.15) is 35.4 Å². The van der Waals surface area contributed by atoms with E-state index in [2.05, 4.69) is 52.2 Å². The lowest BCUT2D eigenvalue weighted by Crippen LogP contribution is -2.59. The lowest BCUT2D eigenvalue weighted by atomic mass is 9.84. The fourth-order valence-corrected chi connectivity index (χ4v) is 14.7. The Hall–Kier alpha value is -11.4. The molecule has 3 fully saturated rings. The standard InChI is InChI=1S/C30H40N4O6.C29H38N4O6.C29H37N3O7/c1-6-17(2)26-23(36)15-18(3)24(33-29(39)25-22(35)13-10-14-31-25)28(38)32-21(16-20-11-8-7-9-12-20)27(37)19(4)30(40)34(26)5;1-5-16(2)23-22(35)14-17(3)24(33-29(39)25-21(34)12-9-13-30-25)28(38)31-20(15-19-10-7-6-8-11-19)26(36)18(4)27(37)32-23;1-5-16(2)26-22(34)14-17(3)23(32-28(37)24-21(33)12-9-13-30-24)27(36)31-20(15-19-10-7-6-8-11-19)25(35)18(4)29(38)39-26/h7-14,17-19,21,24,26-27,35,37H,6,15-16H2,1-5H3,(H,32,38)(H,33,39);6-13,16-18,20,23-24,26,34,36H,5,14-15H2,1-4H3,(H,31,38)(H,32,37)(H,33,39);6-13,16-18,20,23,25-26,33,35H,5,14-15H2,1-4H3,(H,31,36)(H,32,37)/t17?,18-,19+,21-,24-,26?,27-;16?,17-,18+,20-,23?,24-,26-;16?,17-,18+,20-,23-,25-,26?/m000/s1. The highest BCUT2D eigenvalue weighted by atomic mass is 16.5. The number of aromatic nitrogens is 3. The van der Waals surface area contributed by atoms with Gasteiger partial charge < -0.3 is 77.5 Å². The summed E-state index contributed by atoms with van der Waals surface area (Å²) in [5.41, 5.74) is 1.71. The van der Waals surface area contributed by atoms with E-state index in [4.69, 9.17) is 4.74 Å². The molecule has 0 bridgehead atoms. The van der Waals surface area contributed by atoms with Gasteiger partial charge in [0, 0.05) is 50.8 Å². The van der Waals surface area contributed by atoms with Crippen molar-refractivity contribution in [3.63, 3.8) is 0 Å². The average Bonchev–Trinajstić information content (AvgIpc) is 0.813. The molecule has 0 spiro atoms. The minimum atomic E-state index is -1.35. The number of cyclic esters (lactones) is 1. The summed E-state index contributed by atoms with van der Waals surface area (Å²) in [6.45, 7) is 20.8. The first kappa shape index (κ1) is 93.8. The lowest BCUT2D eigenvalue weighted by Gasteiger charge is -2.38. The largest absolute Gasteiger partial charge is 0.505 e. The van der Waals surface area contributed by atoms with Crippen LogP contribution in [0.25, 0.3) is 0 Å². The van der Waals surface area contributed by atoms with Gasteiger partial charge in [0.25, 0.3) is 17.7 Å². The third-order valence-electron chi connectivity index (χ3n) is 22.7. The summed E-state index contributed by atoms with van der Waals surface area (Å²) in [6.07, 6.45) is 1.20. The fraction of sp³-hybridized carbons (Fsp3) is 0.489. The van der Waals surface area contributed by atoms with Crippen LogP contribution in [0.1, 0.15) is 170 Å². The molecule has 0 aliphatic carbocycles. The van der Waals surface area contributed by atoms with Crippen LogP contribution in [0.3, 0.4) is 0 Å². The van der Waals surface area contributed by atoms with Crippen LogP contribution >= 0.6 is 0 Å². The molecule has 3 aromatic heterocycles. The predicted octanol–water partition coefficient (Wildman–Crippen LogP) is 6.02. The molecule has 30 nitrogen and oxygen atoms in total. The van der Waals surface area contributed by atoms with Crippen molar-refractivity contribution in [1.29, 1.82) is 0 Å². The summed E-state index contributed by atoms with van der Waals surface area (Å²) in [5, 5.41) is 83.4. The van der Waals surface area contributed by atoms with E-state index in [-0.39, 0.29) is 114 Å². The molecule has 21 atom stereocenters. The van der Waals surface area contributed by atoms with E-state index in [9.17, 15) is 88.2 Å². The summed E-state index contributed by atoms with van der Waals surface area (Å²) in [4.78, 5) is 173. The summed E-state index contributed by atoms with van der Waals surface area (Å²) >= 11 is 0. The van der Waals surface area contributed by atoms with E-state index in [0.717, 1.165) is 16.7 Å². The van der Waals surface area contributed by atoms with Crippen molar-refractivity contribution in [2.45, 2.75) is 214 Å². The number of likely N-dealkylation sites (N-methyl/N-ethyl adjacent to an activating group) is 1. The Kier molecular flexibility index (Phi) is 35.2. The highest BCUT2D eigenvalue weighted by Crippen LogP contribution is 2.30. The number of nitrogens with zero attached hydrogens (tertiary/aromatic N) is 4. The second-order valence-electron chi connectivity index (χ2n) is 31.6. The van der Waals surface area contributed by atoms with Crippen LogP contribution in [-0.4, -0.2) is 201 Å². The van der Waals surface area contributed by atoms with Gasteiger partial charge in [-0.25, -0.2) is 15.0 Å². The van der Waals surface area contributed by atoms with Gasteiger partial charge in [0.05, 0.1) is 66.3 Å². The number of ether oxygens (including phenoxy) is 1. The maximum Gasteiger partial charge on any atom is 0.312 e. The number of hydrogen-bond acceptors (Lipinski definition) is 22. The quantitative estimate of drug-likeness (QED) is 0.0437. The predicted molar refractivity (Wildman–Crippen MR) is 436 cm³/mol. The van der Waals surface area contributed by atoms with Gasteiger partial charge in [-0.05, 0) is 115 Å². The summed E-state index contributed by atoms with van der Waals surface area (Å²) < 4.78 is 5.65. The van der Waals surface area contributed by atoms with E-state index >= 15 is 0 Å². The maximum atomic E-state index is 13.7. The molecule has 0 radical (unpaired) electrons. The second kappa shape index (κ2) is 44.3. The molecule has 0 saturated carbocycles. The van der Waals surface area contributed by atoms with Crippen LogP contribution in [0.2, 0.25) is 0 Å². The first-order valence-corrected chi connectivity index (χ1v) is 40.3. The van der Waals surface area contributed by atoms with E-state index in [1.807, 2.05) is 126 Å². The molecule has 13 N–H and O–H groups in total. The lowest BCUT2D eigenvalue weighted by molar-refractivity contribution is -0.166. The number of pyridine rings is 3. The minimum absolute atomic E-state index is 0.0838. The number of aliphatic hydroxyl groups excluding tert-OH is 3. The van der Waals surface area contributed by atoms with E-state index < -0.39 is 156 Å². The zero-order valence-electron chi connectivity index (χ0n) is 69.1. The van der Waals surface area contributed by atoms with Crippen LogP contribution in [-0.2, 0) is 67.2 Å². The number of esters is 1. The number of hydrogen-bond donors (Lipinski definition) is 13. The van der Waals surface area contributed by atoms with E-state index in [1.165, 1.54) is 66.8 Å². The van der Waals surface area contributed by atoms with Gasteiger partial charge in [-0.1, -0.05) is 180 Å². The number of benzene rings is 3. The molecule has 6 aromatic rings. The van der Waals surface area contributed by atoms with Crippen LogP contribution in [0.5, 0.6) is 17.2 Å². The smallest absolute Gasteiger partial charge is 0.312 e. The zero-order valence-corrected chi connectivity index (χ0v) is 69.1. The molecule has 9 rings (SSSR count). The molecule has 3 saturated heterocycles. The molecule has 8 amide bonds. The van der Waals surface area contributed by atoms with E-state index in [0.29, 0.717) is 19.3 Å². The Bertz CT molecular complexity index is 4250. The first-order valence-electron chi connectivity index (χ1n) is 40.3. The van der Waals surface area contributed by atoms with Crippen molar-refractivity contribution in [3.05, 3.63) is 180 Å². The molecular formula is C88H115N11O19. The molecule has 3 aliphatic heterocycles. The number of rotatable bonds is 18. The van der Waals surface area contributed by atoms with Gasteiger partial charge in [0.15, 0.2) is 40.5 Å². The number of nitrogens with one attached hydrogen (secondary N) is 7. The van der Waals surface area contributed by atoms with Crippen molar-refractivity contribution in [3.8, 4) is 17.2 Å². The minimum Gasteiger partial charge on any atom is -0.505 e. The Morgan fingerprint density at radius 2 is 0.763 bits per heavy atom. The molecule has 636 valence electrons. The maximum absolute atomic E-state index is 13.7. The van der Waals surface area contributed by atoms with Crippen LogP contribution in [0.15, 0.2) is 146 Å². The molecule has 6 unspecified atom stereocenters. The topological polar surface area (TPSA) is 462 Å². The number of Topliss-reactive ketones (excluding diaryl/α,β-unsaturated/α-hetero) is 3. The number of aromatic hydroxyl groups is 3. The number of ketones is 3.